The Morgan fingerprint density at radius 1 is 1.50 bits per heavy atom. The number of rotatable bonds is 4. The lowest BCUT2D eigenvalue weighted by Crippen LogP contribution is -2.56. The highest BCUT2D eigenvalue weighted by molar-refractivity contribution is 7.11. The predicted octanol–water partition coefficient (Wildman–Crippen LogP) is 2.41. The molecule has 3 rings (SSSR count). The van der Waals surface area contributed by atoms with Gasteiger partial charge < -0.3 is 5.32 Å². The van der Waals surface area contributed by atoms with E-state index in [1.165, 1.54) is 35.7 Å². The second kappa shape index (κ2) is 5.27. The Morgan fingerprint density at radius 2 is 2.33 bits per heavy atom. The maximum absolute atomic E-state index is 4.52. The summed E-state index contributed by atoms with van der Waals surface area (Å²) in [7, 11) is 0. The number of nitrogens with zero attached hydrogens (tertiary/aromatic N) is 2. The smallest absolute Gasteiger partial charge is 0.107 e. The summed E-state index contributed by atoms with van der Waals surface area (Å²) in [6.07, 6.45) is 6.09. The molecule has 0 spiro atoms. The Hall–Kier alpha value is -0.450. The van der Waals surface area contributed by atoms with E-state index in [0.717, 1.165) is 25.0 Å². The van der Waals surface area contributed by atoms with Gasteiger partial charge in [0.15, 0.2) is 0 Å². The van der Waals surface area contributed by atoms with Gasteiger partial charge in [-0.05, 0) is 32.1 Å². The molecule has 0 radical (unpaired) electrons. The van der Waals surface area contributed by atoms with Gasteiger partial charge in [-0.3, -0.25) is 4.90 Å². The Morgan fingerprint density at radius 3 is 2.94 bits per heavy atom. The number of nitrogens with one attached hydrogen (secondary N) is 1. The third kappa shape index (κ3) is 2.76. The first-order valence-corrected chi connectivity index (χ1v) is 7.96. The van der Waals surface area contributed by atoms with Crippen molar-refractivity contribution in [3.63, 3.8) is 0 Å². The fraction of sp³-hybridized carbons (Fsp3) is 0.786. The molecule has 1 saturated heterocycles. The van der Waals surface area contributed by atoms with E-state index in [0.29, 0.717) is 6.04 Å². The maximum Gasteiger partial charge on any atom is 0.107 e. The van der Waals surface area contributed by atoms with Crippen LogP contribution in [0.4, 0.5) is 0 Å². The van der Waals surface area contributed by atoms with Crippen LogP contribution in [0.5, 0.6) is 0 Å². The van der Waals surface area contributed by atoms with Gasteiger partial charge in [-0.1, -0.05) is 6.92 Å². The van der Waals surface area contributed by atoms with Crippen LogP contribution in [0.15, 0.2) is 6.20 Å². The maximum atomic E-state index is 4.52. The van der Waals surface area contributed by atoms with Crippen LogP contribution in [0, 0.1) is 12.8 Å². The summed E-state index contributed by atoms with van der Waals surface area (Å²) < 4.78 is 0. The molecular formula is C14H23N3S. The van der Waals surface area contributed by atoms with Crippen molar-refractivity contribution in [2.45, 2.75) is 51.7 Å². The van der Waals surface area contributed by atoms with Crippen molar-refractivity contribution >= 4 is 11.3 Å². The Labute approximate surface area is 114 Å². The number of piperazine rings is 1. The zero-order valence-corrected chi connectivity index (χ0v) is 12.2. The molecule has 1 aliphatic heterocycles. The summed E-state index contributed by atoms with van der Waals surface area (Å²) in [5.74, 6) is 0.948. The van der Waals surface area contributed by atoms with Crippen LogP contribution in [-0.2, 0) is 6.54 Å². The van der Waals surface area contributed by atoms with Gasteiger partial charge in [-0.25, -0.2) is 4.98 Å². The molecule has 2 fully saturated rings. The van der Waals surface area contributed by atoms with Gasteiger partial charge >= 0.3 is 0 Å². The lowest BCUT2D eigenvalue weighted by molar-refractivity contribution is 0.111. The van der Waals surface area contributed by atoms with Gasteiger partial charge in [0, 0.05) is 36.2 Å². The average Bonchev–Trinajstić information content (AvgIpc) is 3.14. The summed E-state index contributed by atoms with van der Waals surface area (Å²) in [6, 6.07) is 1.41. The molecule has 2 unspecified atom stereocenters. The lowest BCUT2D eigenvalue weighted by atomic mass is 10.0. The van der Waals surface area contributed by atoms with E-state index in [1.807, 2.05) is 17.5 Å². The van der Waals surface area contributed by atoms with Crippen molar-refractivity contribution in [1.29, 1.82) is 0 Å². The molecule has 0 amide bonds. The van der Waals surface area contributed by atoms with Crippen molar-refractivity contribution in [1.82, 2.24) is 15.2 Å². The highest BCUT2D eigenvalue weighted by Crippen LogP contribution is 2.34. The lowest BCUT2D eigenvalue weighted by Gasteiger charge is -2.40. The molecule has 1 N–H and O–H groups in total. The summed E-state index contributed by atoms with van der Waals surface area (Å²) >= 11 is 1.85. The number of thiazole rings is 1. The van der Waals surface area contributed by atoms with Crippen molar-refractivity contribution in [2.24, 2.45) is 5.92 Å². The minimum absolute atomic E-state index is 0.684. The van der Waals surface area contributed by atoms with Crippen LogP contribution in [0.3, 0.4) is 0 Å². The largest absolute Gasteiger partial charge is 0.311 e. The predicted molar refractivity (Wildman–Crippen MR) is 75.9 cm³/mol. The molecule has 1 saturated carbocycles. The molecule has 2 aliphatic rings. The summed E-state index contributed by atoms with van der Waals surface area (Å²) in [5, 5.41) is 5.02. The highest BCUT2D eigenvalue weighted by atomic mass is 32.1. The van der Waals surface area contributed by atoms with Crippen LogP contribution < -0.4 is 5.32 Å². The van der Waals surface area contributed by atoms with Crippen molar-refractivity contribution < 1.29 is 0 Å². The molecule has 0 aromatic carbocycles. The molecule has 2 atom stereocenters. The third-order valence-corrected chi connectivity index (χ3v) is 5.13. The van der Waals surface area contributed by atoms with E-state index in [9.17, 15) is 0 Å². The molecule has 100 valence electrons. The minimum Gasteiger partial charge on any atom is -0.311 e. The minimum atomic E-state index is 0.684. The van der Waals surface area contributed by atoms with E-state index in [2.05, 4.69) is 29.0 Å². The molecular weight excluding hydrogens is 242 g/mol. The molecule has 4 heteroatoms. The topological polar surface area (TPSA) is 28.2 Å². The third-order valence-electron chi connectivity index (χ3n) is 4.23. The van der Waals surface area contributed by atoms with Crippen LogP contribution >= 0.6 is 11.3 Å². The molecule has 3 nitrogen and oxygen atoms in total. The first-order valence-electron chi connectivity index (χ1n) is 7.15. The fourth-order valence-electron chi connectivity index (χ4n) is 2.94. The Balaban J connectivity index is 1.65. The van der Waals surface area contributed by atoms with Gasteiger partial charge in [0.2, 0.25) is 0 Å². The van der Waals surface area contributed by atoms with Crippen LogP contribution in [0.2, 0.25) is 0 Å². The van der Waals surface area contributed by atoms with Crippen LogP contribution in [-0.4, -0.2) is 35.1 Å². The van der Waals surface area contributed by atoms with Gasteiger partial charge in [0.05, 0.1) is 6.54 Å². The van der Waals surface area contributed by atoms with Gasteiger partial charge in [-0.15, -0.1) is 11.3 Å². The SMILES string of the molecule is CCC1CNC(C2CC2)CN1Cc1ncc(C)s1. The quantitative estimate of drug-likeness (QED) is 0.906. The van der Waals surface area contributed by atoms with Gasteiger partial charge in [0.25, 0.3) is 0 Å². The number of hydrogen-bond donors (Lipinski definition) is 1. The number of aromatic nitrogens is 1. The van der Waals surface area contributed by atoms with Crippen LogP contribution in [0.25, 0.3) is 0 Å². The standard InChI is InChI=1S/C14H23N3S/c1-3-12-7-15-13(11-4-5-11)8-17(12)9-14-16-6-10(2)18-14/h6,11-13,15H,3-5,7-9H2,1-2H3. The first-order chi connectivity index (χ1) is 8.76. The van der Waals surface area contributed by atoms with E-state index in [-0.39, 0.29) is 0 Å². The van der Waals surface area contributed by atoms with Gasteiger partial charge in [0.1, 0.15) is 5.01 Å². The fourth-order valence-corrected chi connectivity index (χ4v) is 3.75. The number of hydrogen-bond acceptors (Lipinski definition) is 4. The normalized spacial score (nSPS) is 29.7. The zero-order chi connectivity index (χ0) is 12.5. The zero-order valence-electron chi connectivity index (χ0n) is 11.4. The molecule has 2 heterocycles. The first kappa shape index (κ1) is 12.6. The molecule has 1 aromatic rings. The molecule has 0 bridgehead atoms. The second-order valence-electron chi connectivity index (χ2n) is 5.71. The average molecular weight is 265 g/mol. The number of aryl methyl sites for hydroxylation is 1. The second-order valence-corrected chi connectivity index (χ2v) is 7.03. The van der Waals surface area contributed by atoms with Crippen molar-refractivity contribution in [3.8, 4) is 0 Å². The van der Waals surface area contributed by atoms with Crippen molar-refractivity contribution in [2.75, 3.05) is 13.1 Å². The summed E-state index contributed by atoms with van der Waals surface area (Å²) in [5.41, 5.74) is 0. The Bertz CT molecular complexity index is 399. The van der Waals surface area contributed by atoms with E-state index >= 15 is 0 Å². The monoisotopic (exact) mass is 265 g/mol. The van der Waals surface area contributed by atoms with Gasteiger partial charge in [-0.2, -0.15) is 0 Å². The van der Waals surface area contributed by atoms with E-state index < -0.39 is 0 Å². The highest BCUT2D eigenvalue weighted by Gasteiger charge is 2.36. The Kier molecular flexibility index (Phi) is 3.68. The van der Waals surface area contributed by atoms with E-state index in [4.69, 9.17) is 0 Å². The summed E-state index contributed by atoms with van der Waals surface area (Å²) in [4.78, 5) is 8.50. The summed E-state index contributed by atoms with van der Waals surface area (Å²) in [6.45, 7) is 7.85. The van der Waals surface area contributed by atoms with Crippen molar-refractivity contribution in [3.05, 3.63) is 16.1 Å². The van der Waals surface area contributed by atoms with E-state index in [1.54, 1.807) is 0 Å². The van der Waals surface area contributed by atoms with Crippen LogP contribution in [0.1, 0.15) is 36.1 Å². The molecule has 18 heavy (non-hydrogen) atoms. The molecule has 1 aliphatic carbocycles. The molecule has 1 aromatic heterocycles.